The highest BCUT2D eigenvalue weighted by Gasteiger charge is 2.26. The number of ether oxygens (including phenoxy) is 2. The lowest BCUT2D eigenvalue weighted by Gasteiger charge is -2.20. The number of carbonyl (C=O) groups is 1. The number of methoxy groups -OCH3 is 1. The molecule has 0 saturated carbocycles. The topological polar surface area (TPSA) is 55.8 Å². The fraction of sp³-hybridized carbons (Fsp3) is 0.533. The third-order valence-corrected chi connectivity index (χ3v) is 3.30. The van der Waals surface area contributed by atoms with Crippen LogP contribution in [0.15, 0.2) is 12.1 Å². The fourth-order valence-electron chi connectivity index (χ4n) is 1.59. The second kappa shape index (κ2) is 6.99. The van der Waals surface area contributed by atoms with E-state index in [1.165, 1.54) is 7.11 Å². The molecule has 0 radical (unpaired) electrons. The van der Waals surface area contributed by atoms with Gasteiger partial charge >= 0.3 is 5.97 Å². The van der Waals surface area contributed by atoms with E-state index in [9.17, 15) is 9.90 Å². The minimum atomic E-state index is -0.586. The zero-order chi connectivity index (χ0) is 15.3. The quantitative estimate of drug-likeness (QED) is 0.669. The van der Waals surface area contributed by atoms with Gasteiger partial charge in [-0.1, -0.05) is 0 Å². The minimum absolute atomic E-state index is 0.0781. The number of esters is 1. The highest BCUT2D eigenvalue weighted by atomic mass is 32.2. The van der Waals surface area contributed by atoms with Crippen LogP contribution in [0, 0.1) is 5.41 Å². The van der Waals surface area contributed by atoms with Crippen LogP contribution in [-0.4, -0.2) is 24.4 Å². The van der Waals surface area contributed by atoms with Crippen molar-refractivity contribution in [3.8, 4) is 11.5 Å². The van der Waals surface area contributed by atoms with Gasteiger partial charge in [0.15, 0.2) is 11.5 Å². The summed E-state index contributed by atoms with van der Waals surface area (Å²) in [6, 6.07) is 3.53. The summed E-state index contributed by atoms with van der Waals surface area (Å²) in [5.41, 5.74) is 0.997. The first-order valence-corrected chi connectivity index (χ1v) is 7.74. The molecule has 0 bridgehead atoms. The highest BCUT2D eigenvalue weighted by Crippen LogP contribution is 2.36. The molecule has 4 nitrogen and oxygen atoms in total. The zero-order valence-corrected chi connectivity index (χ0v) is 13.5. The van der Waals surface area contributed by atoms with Gasteiger partial charge in [0.1, 0.15) is 0 Å². The molecule has 0 aromatic heterocycles. The summed E-state index contributed by atoms with van der Waals surface area (Å²) in [6.07, 6.45) is 1.97. The van der Waals surface area contributed by atoms with Gasteiger partial charge in [-0.25, -0.2) is 0 Å². The van der Waals surface area contributed by atoms with Crippen molar-refractivity contribution in [3.63, 3.8) is 0 Å². The van der Waals surface area contributed by atoms with E-state index in [-0.39, 0.29) is 12.6 Å². The van der Waals surface area contributed by atoms with Gasteiger partial charge in [-0.3, -0.25) is 4.79 Å². The molecule has 0 atom stereocenters. The molecule has 0 heterocycles. The van der Waals surface area contributed by atoms with E-state index in [4.69, 9.17) is 9.47 Å². The van der Waals surface area contributed by atoms with Crippen molar-refractivity contribution in [2.24, 2.45) is 5.41 Å². The van der Waals surface area contributed by atoms with Crippen LogP contribution in [0.2, 0.25) is 0 Å². The predicted molar refractivity (Wildman–Crippen MR) is 81.2 cm³/mol. The smallest absolute Gasteiger partial charge is 0.316 e. The summed E-state index contributed by atoms with van der Waals surface area (Å²) < 4.78 is 10.8. The Balaban J connectivity index is 3.24. The predicted octanol–water partition coefficient (Wildman–Crippen LogP) is 3.00. The van der Waals surface area contributed by atoms with E-state index in [0.717, 1.165) is 11.1 Å². The third kappa shape index (κ3) is 4.15. The maximum Gasteiger partial charge on any atom is 0.316 e. The van der Waals surface area contributed by atoms with Crippen LogP contribution in [0.25, 0.3) is 0 Å². The van der Waals surface area contributed by atoms with Gasteiger partial charge < -0.3 is 14.6 Å². The molecule has 0 unspecified atom stereocenters. The van der Waals surface area contributed by atoms with Crippen molar-refractivity contribution in [2.75, 3.05) is 13.4 Å². The molecule has 0 aliphatic carbocycles. The Morgan fingerprint density at radius 3 is 2.45 bits per heavy atom. The molecule has 0 saturated heterocycles. The van der Waals surface area contributed by atoms with Gasteiger partial charge in [0, 0.05) is 11.3 Å². The number of aliphatic hydroxyl groups excluding tert-OH is 1. The van der Waals surface area contributed by atoms with Gasteiger partial charge in [-0.2, -0.15) is 11.8 Å². The molecule has 0 fully saturated rings. The molecular weight excluding hydrogens is 276 g/mol. The number of aliphatic hydroxyl groups is 1. The summed E-state index contributed by atoms with van der Waals surface area (Å²) >= 11 is 1.61. The molecule has 1 rings (SSSR count). The lowest BCUT2D eigenvalue weighted by Crippen LogP contribution is -2.26. The van der Waals surface area contributed by atoms with Crippen LogP contribution >= 0.6 is 11.8 Å². The molecule has 0 spiro atoms. The molecule has 0 amide bonds. The van der Waals surface area contributed by atoms with Crippen LogP contribution in [0.3, 0.4) is 0 Å². The largest absolute Gasteiger partial charge is 0.493 e. The Labute approximate surface area is 124 Å². The molecule has 5 heteroatoms. The number of carbonyl (C=O) groups excluding carboxylic acids is 1. The third-order valence-electron chi connectivity index (χ3n) is 2.70. The van der Waals surface area contributed by atoms with Crippen molar-refractivity contribution < 1.29 is 19.4 Å². The summed E-state index contributed by atoms with van der Waals surface area (Å²) in [6.45, 7) is 5.33. The van der Waals surface area contributed by atoms with Gasteiger partial charge in [0.2, 0.25) is 0 Å². The van der Waals surface area contributed by atoms with Gasteiger partial charge in [-0.05, 0) is 44.7 Å². The van der Waals surface area contributed by atoms with E-state index in [1.54, 1.807) is 38.6 Å². The van der Waals surface area contributed by atoms with E-state index in [0.29, 0.717) is 17.3 Å². The SMILES string of the molecule is COc1cc(CO)cc(CSC)c1OC(=O)C(C)(C)C. The number of rotatable bonds is 5. The Kier molecular flexibility index (Phi) is 5.89. The molecule has 0 aliphatic rings. The van der Waals surface area contributed by atoms with Crippen LogP contribution in [0.4, 0.5) is 0 Å². The lowest BCUT2D eigenvalue weighted by atomic mass is 9.97. The van der Waals surface area contributed by atoms with Crippen LogP contribution in [0.1, 0.15) is 31.9 Å². The molecular formula is C15H22O4S. The van der Waals surface area contributed by atoms with Gasteiger partial charge in [0.25, 0.3) is 0 Å². The summed E-state index contributed by atoms with van der Waals surface area (Å²) in [5, 5.41) is 9.28. The normalized spacial score (nSPS) is 11.3. The number of benzene rings is 1. The van der Waals surface area contributed by atoms with Gasteiger partial charge in [0.05, 0.1) is 19.1 Å². The van der Waals surface area contributed by atoms with Crippen molar-refractivity contribution >= 4 is 17.7 Å². The zero-order valence-electron chi connectivity index (χ0n) is 12.6. The van der Waals surface area contributed by atoms with Crippen molar-refractivity contribution in [2.45, 2.75) is 33.1 Å². The second-order valence-corrected chi connectivity index (χ2v) is 6.38. The Morgan fingerprint density at radius 1 is 1.35 bits per heavy atom. The molecule has 1 aromatic carbocycles. The molecule has 0 aliphatic heterocycles. The lowest BCUT2D eigenvalue weighted by molar-refractivity contribution is -0.143. The summed E-state index contributed by atoms with van der Waals surface area (Å²) in [7, 11) is 1.52. The first kappa shape index (κ1) is 16.9. The van der Waals surface area contributed by atoms with E-state index < -0.39 is 5.41 Å². The number of thioether (sulfide) groups is 1. The van der Waals surface area contributed by atoms with E-state index in [1.807, 2.05) is 12.3 Å². The van der Waals surface area contributed by atoms with Crippen LogP contribution in [-0.2, 0) is 17.2 Å². The van der Waals surface area contributed by atoms with E-state index in [2.05, 4.69) is 0 Å². The molecule has 20 heavy (non-hydrogen) atoms. The Morgan fingerprint density at radius 2 is 2.00 bits per heavy atom. The minimum Gasteiger partial charge on any atom is -0.493 e. The maximum absolute atomic E-state index is 12.1. The molecule has 1 N–H and O–H groups in total. The van der Waals surface area contributed by atoms with E-state index >= 15 is 0 Å². The monoisotopic (exact) mass is 298 g/mol. The van der Waals surface area contributed by atoms with Crippen molar-refractivity contribution in [1.29, 1.82) is 0 Å². The number of hydrogen-bond acceptors (Lipinski definition) is 5. The molecule has 1 aromatic rings. The van der Waals surface area contributed by atoms with Crippen molar-refractivity contribution in [3.05, 3.63) is 23.3 Å². The standard InChI is InChI=1S/C15H22O4S/c1-15(2,3)14(17)19-13-11(9-20-5)6-10(8-16)7-12(13)18-4/h6-7,16H,8-9H2,1-5H3. The number of hydrogen-bond donors (Lipinski definition) is 1. The average Bonchev–Trinajstić information content (AvgIpc) is 2.39. The van der Waals surface area contributed by atoms with Crippen LogP contribution < -0.4 is 9.47 Å². The summed E-state index contributed by atoms with van der Waals surface area (Å²) in [4.78, 5) is 12.1. The fourth-order valence-corrected chi connectivity index (χ4v) is 2.12. The summed E-state index contributed by atoms with van der Waals surface area (Å²) in [5.74, 6) is 1.28. The second-order valence-electron chi connectivity index (χ2n) is 5.52. The Hall–Kier alpha value is -1.20. The first-order chi connectivity index (χ1) is 9.33. The van der Waals surface area contributed by atoms with Crippen LogP contribution in [0.5, 0.6) is 11.5 Å². The van der Waals surface area contributed by atoms with Gasteiger partial charge in [-0.15, -0.1) is 0 Å². The highest BCUT2D eigenvalue weighted by molar-refractivity contribution is 7.97. The van der Waals surface area contributed by atoms with Crippen molar-refractivity contribution in [1.82, 2.24) is 0 Å². The average molecular weight is 298 g/mol. The maximum atomic E-state index is 12.1. The first-order valence-electron chi connectivity index (χ1n) is 6.35. The Bertz CT molecular complexity index is 477. The molecule has 112 valence electrons.